The number of nitro benzene ring substituents is 1. The zero-order valence-electron chi connectivity index (χ0n) is 84.9. The third-order valence-electron chi connectivity index (χ3n) is 20.9. The molecule has 0 saturated heterocycles. The van der Waals surface area contributed by atoms with Crippen LogP contribution in [0.4, 0.5) is 5.69 Å². The number of hydrogen-bond donors (Lipinski definition) is 0. The van der Waals surface area contributed by atoms with Gasteiger partial charge < -0.3 is 29.1 Å². The van der Waals surface area contributed by atoms with Gasteiger partial charge in [0, 0.05) is 20.6 Å². The summed E-state index contributed by atoms with van der Waals surface area (Å²) in [6, 6.07) is 117. The second-order valence-electron chi connectivity index (χ2n) is 33.4. The molecule has 0 spiro atoms. The topological polar surface area (TPSA) is 259 Å². The number of ether oxygens (including phenoxy) is 2. The summed E-state index contributed by atoms with van der Waals surface area (Å²) in [6.07, 6.45) is 27.9. The van der Waals surface area contributed by atoms with Crippen molar-refractivity contribution in [1.82, 2.24) is 0 Å². The fourth-order valence-corrected chi connectivity index (χ4v) is 25.1. The number of fused-ring (bicyclic) bond motifs is 2. The molecule has 14 aromatic carbocycles. The summed E-state index contributed by atoms with van der Waals surface area (Å²) < 4.78 is 94.1. The van der Waals surface area contributed by atoms with Gasteiger partial charge in [-0.1, -0.05) is 367 Å². The minimum Gasteiger partial charge on any atom is -0.0619 e. The molecular weight excluding hydrogens is 2320 g/mol. The molecule has 0 saturated carbocycles. The predicted molar refractivity (Wildman–Crippen MR) is 566 cm³/mol. The first-order valence-corrected chi connectivity index (χ1v) is 61.9. The molecule has 3 unspecified atom stereocenters. The normalized spacial score (nSPS) is 11.2. The van der Waals surface area contributed by atoms with Gasteiger partial charge in [0.2, 0.25) is 0 Å². The third kappa shape index (κ3) is 59.4. The molecule has 25 heteroatoms. The maximum absolute atomic E-state index is 10.9. The number of rotatable bonds is 41. The molecule has 772 valence electrons. The van der Waals surface area contributed by atoms with Crippen LogP contribution in [0.15, 0.2) is 384 Å². The van der Waals surface area contributed by atoms with Gasteiger partial charge in [-0.2, -0.15) is 8.67 Å². The molecule has 3 atom stereocenters. The van der Waals surface area contributed by atoms with Gasteiger partial charge in [-0.25, -0.2) is 16.8 Å². The van der Waals surface area contributed by atoms with Crippen LogP contribution in [-0.4, -0.2) is 44.6 Å². The Hall–Kier alpha value is -8.20. The van der Waals surface area contributed by atoms with E-state index >= 15 is 0 Å². The number of halogens is 4. The van der Waals surface area contributed by atoms with Crippen LogP contribution >= 0.6 is 24.1 Å². The zero-order chi connectivity index (χ0) is 104. The van der Waals surface area contributed by atoms with Crippen molar-refractivity contribution >= 4 is 71.6 Å². The Labute approximate surface area is 904 Å². The van der Waals surface area contributed by atoms with Crippen molar-refractivity contribution < 1.29 is 154 Å². The van der Waals surface area contributed by atoms with E-state index in [1.165, 1.54) is 193 Å². The Balaban J connectivity index is 0.000000333. The second kappa shape index (κ2) is 79.9. The Kier molecular flexibility index (Phi) is 71.1. The molecule has 14 aromatic rings. The monoisotopic (exact) mass is 2470 g/mol. The van der Waals surface area contributed by atoms with Gasteiger partial charge in [0.25, 0.3) is 0 Å². The fourth-order valence-electron chi connectivity index (χ4n) is 14.1. The van der Waals surface area contributed by atoms with E-state index in [4.69, 9.17) is 9.47 Å². The summed E-state index contributed by atoms with van der Waals surface area (Å²) in [6.45, 7) is 27.6. The SMILES string of the molecule is CC(C)CC(C)CC(C)CC(C)c1ccc(SOO[O-])cc1.CCCCC.CCCCC.CCCCCCCCCCCCC.CCOc1ccc(SOO[O-])c2ccccc12.COc1ccc([I+]c2ccccc2)cc1.O=S(=O)([O-])c1cccc2ccccc12.O=S(=O)([O-])c1ccccc1.O=[N+]([O-])c1ccc([I-]c2ccccc2)cc1.c1ccc([I+]c2ccccc2)cc1.c1ccc([I+]c2ccccc2)cc1. The zero-order valence-corrected chi connectivity index (χ0v) is 96.8. The number of nitrogens with zero attached hydrogens (tertiary/aromatic N) is 1. The average molecular weight is 2470 g/mol. The summed E-state index contributed by atoms with van der Waals surface area (Å²) in [5.74, 6) is 4.59. The maximum Gasteiger partial charge on any atom is 0.357 e. The van der Waals surface area contributed by atoms with Crippen LogP contribution in [0.3, 0.4) is 0 Å². The van der Waals surface area contributed by atoms with Gasteiger partial charge in [-0.15, -0.1) is 0 Å². The summed E-state index contributed by atoms with van der Waals surface area (Å²) in [5, 5.41) is 40.0. The summed E-state index contributed by atoms with van der Waals surface area (Å²) >= 11 is 1.61. The summed E-state index contributed by atoms with van der Waals surface area (Å²) in [4.78, 5) is 11.4. The standard InChI is InChI=1S/C18H30O3S.C13H12IO.C13H28.C12H9INO2.2C12H10I.C12H12O4S.C10H8O3S.C6H6O3S.2C5H12/c1-13(2)10-14(3)11-15(4)12-16(5)17-6-8-18(9-7-17)22-21-20-19;1-15-13-9-7-12(8-10-13)14-11-5-3-2-4-6-11;1-3-5-7-9-11-13-12-10-8-6-4-2;15-14(16)12-8-6-11(7-9-12)13-10-4-2-1-3-5-10;2*1-3-7-11(8-4-1)13-12-9-5-2-6-10-12;1-2-14-11-7-8-12(17-16-15-13)10-6-4-3-5-9(10)11;11-14(12,13)10-7-3-5-8-4-1-2-6-9(8)10;7-10(8,9)6-4-2-1-3-5-6;2*1-3-5-4-2/h6-9,13-16,19H,10-12H2,1-5H3;2-10H,1H3;3-13H2,1-2H3;1-9H;2*1-10H;3-8,13H,2H2,1H3;1-7H,(H,11,12,13);1-5H,(H,7,8,9);2*3-5H2,1-2H3/q;+1;;-1;2*+1;;;;;/p-4. The molecule has 0 aliphatic heterocycles. The first-order valence-electron chi connectivity index (χ1n) is 49.0. The number of nitro groups is 1. The molecule has 0 fully saturated rings. The van der Waals surface area contributed by atoms with E-state index in [0.717, 1.165) is 79.3 Å². The van der Waals surface area contributed by atoms with Crippen LogP contribution in [-0.2, 0) is 39.0 Å². The summed E-state index contributed by atoms with van der Waals surface area (Å²) in [7, 11) is -6.94. The quantitative estimate of drug-likeness (QED) is 0.00656. The molecule has 0 radical (unpaired) electrons. The van der Waals surface area contributed by atoms with Gasteiger partial charge in [0.1, 0.15) is 31.7 Å². The second-order valence-corrected chi connectivity index (χ2v) is 49.8. The van der Waals surface area contributed by atoms with E-state index in [1.807, 2.05) is 97.9 Å². The molecule has 0 heterocycles. The molecule has 0 amide bonds. The number of methoxy groups -OCH3 is 1. The smallest absolute Gasteiger partial charge is 0.0619 e. The van der Waals surface area contributed by atoms with E-state index in [2.05, 4.69) is 283 Å². The van der Waals surface area contributed by atoms with Gasteiger partial charge in [-0.3, -0.25) is 10.1 Å². The van der Waals surface area contributed by atoms with E-state index in [-0.39, 0.29) is 105 Å². The van der Waals surface area contributed by atoms with Crippen LogP contribution in [0, 0.1) is 56.4 Å². The molecular formula is C118H145I4NO16S4-2. The minimum absolute atomic E-state index is 0.0287. The summed E-state index contributed by atoms with van der Waals surface area (Å²) in [5.41, 5.74) is 1.48. The number of benzene rings is 14. The number of hydrogen-bond acceptors (Lipinski definition) is 18. The minimum atomic E-state index is -4.38. The van der Waals surface area contributed by atoms with Gasteiger partial charge in [-0.05, 0) is 194 Å². The molecule has 14 rings (SSSR count). The largest absolute Gasteiger partial charge is 0.357 e. The van der Waals surface area contributed by atoms with Crippen molar-refractivity contribution in [2.45, 2.75) is 237 Å². The van der Waals surface area contributed by atoms with E-state index in [1.54, 1.807) is 61.7 Å². The first kappa shape index (κ1) is 127. The average Bonchev–Trinajstić information content (AvgIpc) is 0.802. The predicted octanol–water partition coefficient (Wildman–Crippen LogP) is 18.8. The molecule has 0 aliphatic carbocycles. The Morgan fingerprint density at radius 3 is 1.11 bits per heavy atom. The van der Waals surface area contributed by atoms with Crippen LogP contribution in [0.2, 0.25) is 0 Å². The van der Waals surface area contributed by atoms with Crippen LogP contribution in [0.5, 0.6) is 11.5 Å². The molecule has 0 N–H and O–H groups in total. The number of non-ortho nitro benzene ring substituents is 1. The Morgan fingerprint density at radius 2 is 0.727 bits per heavy atom. The molecule has 143 heavy (non-hydrogen) atoms. The maximum atomic E-state index is 10.9. The van der Waals surface area contributed by atoms with Gasteiger partial charge in [0.15, 0.2) is 21.4 Å². The van der Waals surface area contributed by atoms with Gasteiger partial charge >= 0.3 is 167 Å². The van der Waals surface area contributed by atoms with Crippen LogP contribution in [0.25, 0.3) is 21.5 Å². The van der Waals surface area contributed by atoms with Gasteiger partial charge in [0.05, 0.1) is 47.6 Å². The van der Waals surface area contributed by atoms with Crippen molar-refractivity contribution in [3.63, 3.8) is 0 Å². The van der Waals surface area contributed by atoms with Crippen molar-refractivity contribution in [1.29, 1.82) is 0 Å². The Morgan fingerprint density at radius 1 is 0.357 bits per heavy atom. The molecule has 0 bridgehead atoms. The molecule has 17 nitrogen and oxygen atoms in total. The van der Waals surface area contributed by atoms with Crippen molar-refractivity contribution in [2.24, 2.45) is 17.8 Å². The van der Waals surface area contributed by atoms with E-state index in [9.17, 15) is 46.6 Å². The fraction of sp³-hybridized carbons (Fsp3) is 0.322. The molecule has 0 aromatic heterocycles. The Bertz CT molecular complexity index is 5600. The van der Waals surface area contributed by atoms with Crippen molar-refractivity contribution in [3.05, 3.63) is 408 Å². The van der Waals surface area contributed by atoms with E-state index in [0.29, 0.717) is 17.9 Å². The van der Waals surface area contributed by atoms with Crippen LogP contribution < -0.4 is 105 Å². The van der Waals surface area contributed by atoms with Crippen molar-refractivity contribution in [3.8, 4) is 11.5 Å². The molecule has 0 aliphatic rings. The van der Waals surface area contributed by atoms with Crippen LogP contribution in [0.1, 0.15) is 223 Å². The third-order valence-corrected chi connectivity index (χ3v) is 34.6. The number of unbranched alkanes of at least 4 members (excludes halogenated alkanes) is 14. The first-order chi connectivity index (χ1) is 69.3. The van der Waals surface area contributed by atoms with E-state index < -0.39 is 20.2 Å². The van der Waals surface area contributed by atoms with Crippen molar-refractivity contribution in [2.75, 3.05) is 13.7 Å².